The number of hydrogen-bond donors (Lipinski definition) is 2. The van der Waals surface area contributed by atoms with E-state index in [1.54, 1.807) is 0 Å². The normalized spacial score (nSPS) is 11.5. The summed E-state index contributed by atoms with van der Waals surface area (Å²) in [6.45, 7) is 1.43. The van der Waals surface area contributed by atoms with Gasteiger partial charge in [0.25, 0.3) is 5.91 Å². The predicted octanol–water partition coefficient (Wildman–Crippen LogP) is 4.06. The second-order valence-electron chi connectivity index (χ2n) is 4.56. The molecular formula is C14H9Cl3F2N4O. The van der Waals surface area contributed by atoms with E-state index in [0.717, 1.165) is 6.07 Å². The van der Waals surface area contributed by atoms with E-state index in [-0.39, 0.29) is 37.9 Å². The SMILES string of the molecule is C/C(=N\NC(=O)c1nc(Cl)c(Cl)c(N)c1Cl)c1ccc(F)cc1F. The fourth-order valence-corrected chi connectivity index (χ4v) is 2.31. The van der Waals surface area contributed by atoms with Crippen molar-refractivity contribution in [3.63, 3.8) is 0 Å². The molecule has 0 bridgehead atoms. The van der Waals surface area contributed by atoms with E-state index in [2.05, 4.69) is 15.5 Å². The van der Waals surface area contributed by atoms with E-state index < -0.39 is 17.5 Å². The number of rotatable bonds is 3. The molecule has 10 heteroatoms. The molecule has 2 rings (SSSR count). The van der Waals surface area contributed by atoms with Crippen LogP contribution in [-0.4, -0.2) is 16.6 Å². The number of nitrogens with two attached hydrogens (primary N) is 1. The maximum atomic E-state index is 13.6. The molecule has 5 nitrogen and oxygen atoms in total. The van der Waals surface area contributed by atoms with Gasteiger partial charge < -0.3 is 5.73 Å². The first kappa shape index (κ1) is 18.4. The summed E-state index contributed by atoms with van der Waals surface area (Å²) in [5.74, 6) is -2.37. The molecule has 0 atom stereocenters. The van der Waals surface area contributed by atoms with Crippen LogP contribution in [0.3, 0.4) is 0 Å². The molecule has 0 radical (unpaired) electrons. The summed E-state index contributed by atoms with van der Waals surface area (Å²) in [6.07, 6.45) is 0. The molecule has 0 aliphatic heterocycles. The third-order valence-corrected chi connectivity index (χ3v) is 4.07. The lowest BCUT2D eigenvalue weighted by Gasteiger charge is -2.08. The van der Waals surface area contributed by atoms with E-state index in [1.807, 2.05) is 0 Å². The van der Waals surface area contributed by atoms with Crippen molar-refractivity contribution in [2.75, 3.05) is 5.73 Å². The van der Waals surface area contributed by atoms with Gasteiger partial charge in [0, 0.05) is 11.6 Å². The van der Waals surface area contributed by atoms with Gasteiger partial charge in [-0.3, -0.25) is 4.79 Å². The van der Waals surface area contributed by atoms with Crippen molar-refractivity contribution in [3.8, 4) is 0 Å². The highest BCUT2D eigenvalue weighted by Gasteiger charge is 2.19. The molecular weight excluding hydrogens is 385 g/mol. The predicted molar refractivity (Wildman–Crippen MR) is 89.7 cm³/mol. The molecule has 3 N–H and O–H groups in total. The second kappa shape index (κ2) is 7.29. The van der Waals surface area contributed by atoms with Crippen LogP contribution in [-0.2, 0) is 0 Å². The van der Waals surface area contributed by atoms with Gasteiger partial charge in [-0.25, -0.2) is 19.2 Å². The monoisotopic (exact) mass is 392 g/mol. The van der Waals surface area contributed by atoms with E-state index in [0.29, 0.717) is 6.07 Å². The summed E-state index contributed by atoms with van der Waals surface area (Å²) in [5, 5.41) is 3.25. The molecule has 1 heterocycles. The molecule has 0 unspecified atom stereocenters. The summed E-state index contributed by atoms with van der Waals surface area (Å²) < 4.78 is 26.5. The van der Waals surface area contributed by atoms with Gasteiger partial charge in [-0.05, 0) is 19.1 Å². The minimum absolute atomic E-state index is 0.0180. The van der Waals surface area contributed by atoms with Gasteiger partial charge in [-0.1, -0.05) is 34.8 Å². The third-order valence-electron chi connectivity index (χ3n) is 2.93. The van der Waals surface area contributed by atoms with E-state index in [9.17, 15) is 13.6 Å². The van der Waals surface area contributed by atoms with Crippen LogP contribution in [0.4, 0.5) is 14.5 Å². The fourth-order valence-electron chi connectivity index (χ4n) is 1.71. The Morgan fingerprint density at radius 2 is 1.92 bits per heavy atom. The molecule has 1 amide bonds. The van der Waals surface area contributed by atoms with Crippen molar-refractivity contribution >= 4 is 52.1 Å². The standard InChI is InChI=1S/C14H9Cl3F2N4O/c1-5(7-3-2-6(18)4-8(7)19)22-23-14(24)12-9(15)11(20)10(16)13(17)21-12/h2-4H,1H3,(H2,20,21)(H,23,24)/b22-5+. The topological polar surface area (TPSA) is 80.4 Å². The van der Waals surface area contributed by atoms with Gasteiger partial charge in [-0.2, -0.15) is 5.10 Å². The molecule has 2 aromatic rings. The van der Waals surface area contributed by atoms with Gasteiger partial charge in [0.15, 0.2) is 10.8 Å². The first-order valence-electron chi connectivity index (χ1n) is 6.32. The number of aromatic nitrogens is 1. The number of nitrogens with one attached hydrogen (secondary N) is 1. The quantitative estimate of drug-likeness (QED) is 0.469. The molecule has 0 aliphatic rings. The van der Waals surface area contributed by atoms with Crippen molar-refractivity contribution in [3.05, 3.63) is 56.3 Å². The Labute approximate surface area is 150 Å². The first-order chi connectivity index (χ1) is 11.2. The summed E-state index contributed by atoms with van der Waals surface area (Å²) in [5.41, 5.74) is 7.48. The Kier molecular flexibility index (Phi) is 5.58. The average Bonchev–Trinajstić information content (AvgIpc) is 2.53. The van der Waals surface area contributed by atoms with Crippen molar-refractivity contribution in [1.82, 2.24) is 10.4 Å². The maximum absolute atomic E-state index is 13.6. The van der Waals surface area contributed by atoms with Crippen LogP contribution < -0.4 is 11.2 Å². The number of benzene rings is 1. The van der Waals surface area contributed by atoms with Gasteiger partial charge in [-0.15, -0.1) is 0 Å². The van der Waals surface area contributed by atoms with Crippen molar-refractivity contribution in [1.29, 1.82) is 0 Å². The number of hydrazone groups is 1. The smallest absolute Gasteiger partial charge is 0.291 e. The molecule has 0 saturated carbocycles. The van der Waals surface area contributed by atoms with Crippen LogP contribution in [0.25, 0.3) is 0 Å². The Morgan fingerprint density at radius 1 is 1.25 bits per heavy atom. The number of carbonyl (C=O) groups excluding carboxylic acids is 1. The molecule has 0 aliphatic carbocycles. The van der Waals surface area contributed by atoms with E-state index in [1.165, 1.54) is 13.0 Å². The van der Waals surface area contributed by atoms with Gasteiger partial charge in [0.05, 0.1) is 16.4 Å². The highest BCUT2D eigenvalue weighted by molar-refractivity contribution is 6.46. The van der Waals surface area contributed by atoms with E-state index in [4.69, 9.17) is 40.5 Å². The summed E-state index contributed by atoms with van der Waals surface area (Å²) in [6, 6.07) is 2.96. The average molecular weight is 394 g/mol. The zero-order chi connectivity index (χ0) is 18.0. The number of nitrogen functional groups attached to an aromatic ring is 1. The molecule has 1 aromatic heterocycles. The fraction of sp³-hybridized carbons (Fsp3) is 0.0714. The molecule has 24 heavy (non-hydrogen) atoms. The number of anilines is 1. The van der Waals surface area contributed by atoms with Crippen molar-refractivity contribution in [2.45, 2.75) is 6.92 Å². The van der Waals surface area contributed by atoms with Crippen LogP contribution in [0, 0.1) is 11.6 Å². The highest BCUT2D eigenvalue weighted by atomic mass is 35.5. The van der Waals surface area contributed by atoms with Crippen LogP contribution in [0.5, 0.6) is 0 Å². The minimum atomic E-state index is -0.827. The van der Waals surface area contributed by atoms with Crippen LogP contribution in [0.2, 0.25) is 15.2 Å². The zero-order valence-electron chi connectivity index (χ0n) is 12.0. The highest BCUT2D eigenvalue weighted by Crippen LogP contribution is 2.34. The molecule has 126 valence electrons. The molecule has 0 fully saturated rings. The Morgan fingerprint density at radius 3 is 2.54 bits per heavy atom. The second-order valence-corrected chi connectivity index (χ2v) is 5.67. The number of pyridine rings is 1. The number of nitrogens with zero attached hydrogens (tertiary/aromatic N) is 2. The summed E-state index contributed by atoms with van der Waals surface area (Å²) in [7, 11) is 0. The third kappa shape index (κ3) is 3.75. The summed E-state index contributed by atoms with van der Waals surface area (Å²) >= 11 is 17.4. The van der Waals surface area contributed by atoms with Gasteiger partial charge in [0.2, 0.25) is 0 Å². The lowest BCUT2D eigenvalue weighted by Crippen LogP contribution is -2.22. The summed E-state index contributed by atoms with van der Waals surface area (Å²) in [4.78, 5) is 15.8. The largest absolute Gasteiger partial charge is 0.396 e. The van der Waals surface area contributed by atoms with Gasteiger partial charge >= 0.3 is 0 Å². The number of carbonyl (C=O) groups is 1. The first-order valence-corrected chi connectivity index (χ1v) is 7.45. The zero-order valence-corrected chi connectivity index (χ0v) is 14.3. The Balaban J connectivity index is 2.27. The van der Waals surface area contributed by atoms with Crippen molar-refractivity contribution < 1.29 is 13.6 Å². The number of amides is 1. The molecule has 0 saturated heterocycles. The minimum Gasteiger partial charge on any atom is -0.396 e. The molecule has 1 aromatic carbocycles. The lowest BCUT2D eigenvalue weighted by atomic mass is 10.1. The Bertz CT molecular complexity index is 858. The van der Waals surface area contributed by atoms with Crippen LogP contribution in [0.1, 0.15) is 23.0 Å². The maximum Gasteiger partial charge on any atom is 0.291 e. The van der Waals surface area contributed by atoms with E-state index >= 15 is 0 Å². The lowest BCUT2D eigenvalue weighted by molar-refractivity contribution is 0.0950. The number of halogens is 5. The van der Waals surface area contributed by atoms with Gasteiger partial charge in [0.1, 0.15) is 16.7 Å². The Hall–Kier alpha value is -1.96. The number of hydrogen-bond acceptors (Lipinski definition) is 4. The molecule has 0 spiro atoms. The van der Waals surface area contributed by atoms with Crippen molar-refractivity contribution in [2.24, 2.45) is 5.10 Å². The van der Waals surface area contributed by atoms with Crippen LogP contribution in [0.15, 0.2) is 23.3 Å². The van der Waals surface area contributed by atoms with Crippen LogP contribution >= 0.6 is 34.8 Å².